The molecule has 1 aromatic rings. The molecule has 0 aliphatic heterocycles. The highest BCUT2D eigenvalue weighted by Crippen LogP contribution is 2.15. The van der Waals surface area contributed by atoms with E-state index in [1.807, 2.05) is 10.8 Å². The van der Waals surface area contributed by atoms with Crippen LogP contribution in [0.3, 0.4) is 0 Å². The molecule has 1 aromatic heterocycles. The quantitative estimate of drug-likeness (QED) is 0.537. The van der Waals surface area contributed by atoms with Gasteiger partial charge in [0.05, 0.1) is 6.20 Å². The molecule has 0 N–H and O–H groups in total. The number of nitrogens with zero attached hydrogens (tertiary/aromatic N) is 2. The van der Waals surface area contributed by atoms with Crippen LogP contribution >= 0.6 is 11.8 Å². The standard InChI is InChI=1S/C9H14N2OS/c1-3-4-5-11-8(7-12)6-10-9(11)13-2/h6-7H,3-5H2,1-2H3. The summed E-state index contributed by atoms with van der Waals surface area (Å²) in [7, 11) is 0. The summed E-state index contributed by atoms with van der Waals surface area (Å²) in [5, 5.41) is 0.926. The highest BCUT2D eigenvalue weighted by Gasteiger charge is 2.06. The number of hydrogen-bond donors (Lipinski definition) is 0. The van der Waals surface area contributed by atoms with Crippen molar-refractivity contribution in [1.82, 2.24) is 9.55 Å². The molecule has 0 saturated heterocycles. The van der Waals surface area contributed by atoms with Gasteiger partial charge in [0.2, 0.25) is 0 Å². The number of thioether (sulfide) groups is 1. The van der Waals surface area contributed by atoms with Crippen LogP contribution in [0.1, 0.15) is 30.3 Å². The van der Waals surface area contributed by atoms with Gasteiger partial charge in [-0.1, -0.05) is 25.1 Å². The molecule has 4 heteroatoms. The molecule has 0 aliphatic carbocycles. The van der Waals surface area contributed by atoms with Crippen molar-refractivity contribution in [3.8, 4) is 0 Å². The van der Waals surface area contributed by atoms with Crippen molar-refractivity contribution in [2.24, 2.45) is 0 Å². The Labute approximate surface area is 82.5 Å². The first-order chi connectivity index (χ1) is 6.33. The SMILES string of the molecule is CCCCn1c(C=O)cnc1SC. The third-order valence-electron chi connectivity index (χ3n) is 1.89. The second kappa shape index (κ2) is 5.07. The highest BCUT2D eigenvalue weighted by atomic mass is 32.2. The summed E-state index contributed by atoms with van der Waals surface area (Å²) in [4.78, 5) is 14.8. The van der Waals surface area contributed by atoms with Crippen molar-refractivity contribution in [3.05, 3.63) is 11.9 Å². The fourth-order valence-electron chi connectivity index (χ4n) is 1.17. The van der Waals surface area contributed by atoms with Gasteiger partial charge < -0.3 is 4.57 Å². The molecule has 1 rings (SSSR count). The van der Waals surface area contributed by atoms with Crippen molar-refractivity contribution in [3.63, 3.8) is 0 Å². The molecular formula is C9H14N2OS. The first kappa shape index (κ1) is 10.3. The monoisotopic (exact) mass is 198 g/mol. The Kier molecular flexibility index (Phi) is 4.02. The predicted octanol–water partition coefficient (Wildman–Crippen LogP) is 2.22. The van der Waals surface area contributed by atoms with Crippen LogP contribution in [0.4, 0.5) is 0 Å². The Hall–Kier alpha value is -0.770. The van der Waals surface area contributed by atoms with E-state index in [2.05, 4.69) is 11.9 Å². The van der Waals surface area contributed by atoms with Gasteiger partial charge in [0.15, 0.2) is 11.4 Å². The average molecular weight is 198 g/mol. The summed E-state index contributed by atoms with van der Waals surface area (Å²) in [6.07, 6.45) is 6.69. The van der Waals surface area contributed by atoms with E-state index >= 15 is 0 Å². The van der Waals surface area contributed by atoms with E-state index in [9.17, 15) is 4.79 Å². The maximum absolute atomic E-state index is 10.6. The summed E-state index contributed by atoms with van der Waals surface area (Å²) < 4.78 is 1.97. The molecule has 72 valence electrons. The van der Waals surface area contributed by atoms with Crippen LogP contribution < -0.4 is 0 Å². The molecule has 0 aromatic carbocycles. The van der Waals surface area contributed by atoms with Crippen LogP contribution in [0.25, 0.3) is 0 Å². The van der Waals surface area contributed by atoms with Crippen molar-refractivity contribution in [2.75, 3.05) is 6.26 Å². The number of rotatable bonds is 5. The molecule has 0 saturated carbocycles. The predicted molar refractivity (Wildman–Crippen MR) is 54.3 cm³/mol. The van der Waals surface area contributed by atoms with Gasteiger partial charge in [-0.3, -0.25) is 4.79 Å². The third-order valence-corrected chi connectivity index (χ3v) is 2.58. The fraction of sp³-hybridized carbons (Fsp3) is 0.556. The number of carbonyl (C=O) groups is 1. The molecule has 0 bridgehead atoms. The van der Waals surface area contributed by atoms with Gasteiger partial charge in [-0.05, 0) is 12.7 Å². The van der Waals surface area contributed by atoms with Crippen LogP contribution in [-0.2, 0) is 6.54 Å². The largest absolute Gasteiger partial charge is 0.317 e. The molecule has 0 aliphatic rings. The van der Waals surface area contributed by atoms with Gasteiger partial charge in [-0.25, -0.2) is 4.98 Å². The summed E-state index contributed by atoms with van der Waals surface area (Å²) in [5.74, 6) is 0. The second-order valence-corrected chi connectivity index (χ2v) is 3.57. The van der Waals surface area contributed by atoms with Crippen LogP contribution in [-0.4, -0.2) is 22.1 Å². The molecule has 3 nitrogen and oxygen atoms in total. The summed E-state index contributed by atoms with van der Waals surface area (Å²) in [6, 6.07) is 0. The third kappa shape index (κ3) is 2.34. The van der Waals surface area contributed by atoms with Crippen molar-refractivity contribution in [2.45, 2.75) is 31.5 Å². The van der Waals surface area contributed by atoms with E-state index in [1.54, 1.807) is 18.0 Å². The lowest BCUT2D eigenvalue weighted by Gasteiger charge is -2.05. The molecule has 0 radical (unpaired) electrons. The van der Waals surface area contributed by atoms with Crippen LogP contribution in [0.2, 0.25) is 0 Å². The minimum Gasteiger partial charge on any atom is -0.317 e. The molecular weight excluding hydrogens is 184 g/mol. The van der Waals surface area contributed by atoms with Gasteiger partial charge in [0.1, 0.15) is 5.69 Å². The molecule has 13 heavy (non-hydrogen) atoms. The van der Waals surface area contributed by atoms with Crippen LogP contribution in [0.5, 0.6) is 0 Å². The zero-order chi connectivity index (χ0) is 9.68. The van der Waals surface area contributed by atoms with E-state index in [4.69, 9.17) is 0 Å². The van der Waals surface area contributed by atoms with Crippen LogP contribution in [0, 0.1) is 0 Å². The van der Waals surface area contributed by atoms with E-state index in [0.717, 1.165) is 30.8 Å². The Balaban J connectivity index is 2.84. The lowest BCUT2D eigenvalue weighted by molar-refractivity contribution is 0.111. The van der Waals surface area contributed by atoms with Gasteiger partial charge in [0.25, 0.3) is 0 Å². The molecule has 1 heterocycles. The van der Waals surface area contributed by atoms with Gasteiger partial charge >= 0.3 is 0 Å². The van der Waals surface area contributed by atoms with E-state index < -0.39 is 0 Å². The number of hydrogen-bond acceptors (Lipinski definition) is 3. The molecule has 0 amide bonds. The molecule has 0 spiro atoms. The minimum atomic E-state index is 0.679. The summed E-state index contributed by atoms with van der Waals surface area (Å²) in [6.45, 7) is 3.02. The Morgan fingerprint density at radius 1 is 1.69 bits per heavy atom. The second-order valence-electron chi connectivity index (χ2n) is 2.79. The van der Waals surface area contributed by atoms with Crippen molar-refractivity contribution < 1.29 is 4.79 Å². The van der Waals surface area contributed by atoms with Gasteiger partial charge in [-0.15, -0.1) is 0 Å². The topological polar surface area (TPSA) is 34.9 Å². The van der Waals surface area contributed by atoms with Crippen molar-refractivity contribution in [1.29, 1.82) is 0 Å². The Morgan fingerprint density at radius 2 is 2.46 bits per heavy atom. The number of carbonyl (C=O) groups excluding carboxylic acids is 1. The maximum atomic E-state index is 10.6. The van der Waals surface area contributed by atoms with Crippen LogP contribution in [0.15, 0.2) is 11.4 Å². The number of aromatic nitrogens is 2. The molecule has 0 unspecified atom stereocenters. The lowest BCUT2D eigenvalue weighted by Crippen LogP contribution is -2.03. The number of unbranched alkanes of at least 4 members (excludes halogenated alkanes) is 1. The van der Waals surface area contributed by atoms with Gasteiger partial charge in [-0.2, -0.15) is 0 Å². The normalized spacial score (nSPS) is 10.3. The Morgan fingerprint density at radius 3 is 3.00 bits per heavy atom. The first-order valence-corrected chi connectivity index (χ1v) is 5.60. The summed E-state index contributed by atoms with van der Waals surface area (Å²) in [5.41, 5.74) is 0.679. The average Bonchev–Trinajstić information content (AvgIpc) is 2.56. The zero-order valence-corrected chi connectivity index (χ0v) is 8.80. The summed E-state index contributed by atoms with van der Waals surface area (Å²) >= 11 is 1.58. The number of imidazole rings is 1. The maximum Gasteiger partial charge on any atom is 0.168 e. The van der Waals surface area contributed by atoms with E-state index in [0.29, 0.717) is 5.69 Å². The number of aldehydes is 1. The highest BCUT2D eigenvalue weighted by molar-refractivity contribution is 7.98. The lowest BCUT2D eigenvalue weighted by atomic mass is 10.3. The Bertz CT molecular complexity index is 283. The molecule has 0 atom stereocenters. The zero-order valence-electron chi connectivity index (χ0n) is 7.99. The van der Waals surface area contributed by atoms with Crippen molar-refractivity contribution >= 4 is 18.0 Å². The molecule has 0 fully saturated rings. The fourth-order valence-corrected chi connectivity index (χ4v) is 1.74. The minimum absolute atomic E-state index is 0.679. The van der Waals surface area contributed by atoms with Gasteiger partial charge in [0, 0.05) is 6.54 Å². The van der Waals surface area contributed by atoms with E-state index in [-0.39, 0.29) is 0 Å². The first-order valence-electron chi connectivity index (χ1n) is 4.38. The van der Waals surface area contributed by atoms with E-state index in [1.165, 1.54) is 0 Å². The smallest absolute Gasteiger partial charge is 0.168 e.